The Balaban J connectivity index is 1.36. The summed E-state index contributed by atoms with van der Waals surface area (Å²) in [5, 5.41) is 18.4. The summed E-state index contributed by atoms with van der Waals surface area (Å²) in [4.78, 5) is 7.73. The molecule has 0 atom stereocenters. The van der Waals surface area contributed by atoms with Crippen LogP contribution in [0.1, 0.15) is 22.5 Å². The third-order valence-corrected chi connectivity index (χ3v) is 5.09. The molecule has 0 aliphatic carbocycles. The molecule has 5 aromatic rings. The number of hydrogen-bond acceptors (Lipinski definition) is 6. The summed E-state index contributed by atoms with van der Waals surface area (Å²) in [5.41, 5.74) is 9.41. The van der Waals surface area contributed by atoms with Gasteiger partial charge < -0.3 is 4.98 Å². The number of hydrazone groups is 1. The first-order chi connectivity index (χ1) is 14.7. The molecule has 0 saturated heterocycles. The summed E-state index contributed by atoms with van der Waals surface area (Å²) < 4.78 is 1.99. The van der Waals surface area contributed by atoms with Gasteiger partial charge in [0.25, 0.3) is 5.95 Å². The Hall–Kier alpha value is -4.07. The van der Waals surface area contributed by atoms with Crippen molar-refractivity contribution in [2.45, 2.75) is 20.4 Å². The quantitative estimate of drug-likeness (QED) is 0.348. The van der Waals surface area contributed by atoms with Crippen LogP contribution in [0.2, 0.25) is 0 Å². The van der Waals surface area contributed by atoms with Crippen molar-refractivity contribution < 1.29 is 0 Å². The first kappa shape index (κ1) is 18.0. The molecule has 0 saturated carbocycles. The van der Waals surface area contributed by atoms with Crippen LogP contribution in [0.3, 0.4) is 0 Å². The summed E-state index contributed by atoms with van der Waals surface area (Å²) in [5.74, 6) is 0.331. The van der Waals surface area contributed by atoms with Gasteiger partial charge in [-0.15, -0.1) is 10.2 Å². The van der Waals surface area contributed by atoms with Gasteiger partial charge in [0, 0.05) is 22.2 Å². The minimum absolute atomic E-state index is 0.331. The zero-order valence-corrected chi connectivity index (χ0v) is 16.7. The van der Waals surface area contributed by atoms with E-state index in [2.05, 4.69) is 47.9 Å². The lowest BCUT2D eigenvalue weighted by atomic mass is 10.2. The van der Waals surface area contributed by atoms with Crippen LogP contribution in [0, 0.1) is 13.8 Å². The van der Waals surface area contributed by atoms with Crippen LogP contribution in [0.4, 0.5) is 5.95 Å². The molecule has 3 heterocycles. The van der Waals surface area contributed by atoms with Crippen molar-refractivity contribution in [2.24, 2.45) is 5.10 Å². The molecule has 0 bridgehead atoms. The maximum absolute atomic E-state index is 4.65. The largest absolute Gasteiger partial charge is 0.338 e. The molecule has 2 N–H and O–H groups in total. The highest BCUT2D eigenvalue weighted by atomic mass is 15.4. The zero-order valence-electron chi connectivity index (χ0n) is 16.7. The van der Waals surface area contributed by atoms with E-state index in [0.29, 0.717) is 11.6 Å². The second-order valence-corrected chi connectivity index (χ2v) is 7.10. The Kier molecular flexibility index (Phi) is 4.44. The highest BCUT2D eigenvalue weighted by Gasteiger charge is 2.11. The lowest BCUT2D eigenvalue weighted by Crippen LogP contribution is -2.04. The summed E-state index contributed by atoms with van der Waals surface area (Å²) >= 11 is 0. The number of anilines is 1. The number of aromatic amines is 1. The molecular formula is C22H20N8. The van der Waals surface area contributed by atoms with E-state index >= 15 is 0 Å². The van der Waals surface area contributed by atoms with Crippen molar-refractivity contribution >= 4 is 34.2 Å². The molecular weight excluding hydrogens is 376 g/mol. The molecule has 0 radical (unpaired) electrons. The van der Waals surface area contributed by atoms with Crippen molar-refractivity contribution in [3.05, 3.63) is 77.1 Å². The lowest BCUT2D eigenvalue weighted by Gasteiger charge is -2.04. The van der Waals surface area contributed by atoms with Gasteiger partial charge in [0.15, 0.2) is 5.65 Å². The first-order valence-corrected chi connectivity index (χ1v) is 9.67. The van der Waals surface area contributed by atoms with E-state index < -0.39 is 0 Å². The van der Waals surface area contributed by atoms with Crippen LogP contribution in [-0.4, -0.2) is 36.2 Å². The van der Waals surface area contributed by atoms with E-state index in [4.69, 9.17) is 0 Å². The Morgan fingerprint density at radius 3 is 2.70 bits per heavy atom. The number of nitrogens with zero attached hydrogens (tertiary/aromatic N) is 6. The fourth-order valence-electron chi connectivity index (χ4n) is 3.53. The molecule has 0 spiro atoms. The summed E-state index contributed by atoms with van der Waals surface area (Å²) in [6.07, 6.45) is 1.75. The summed E-state index contributed by atoms with van der Waals surface area (Å²) in [6.45, 7) is 4.74. The minimum Gasteiger partial charge on any atom is -0.338 e. The van der Waals surface area contributed by atoms with Gasteiger partial charge in [-0.3, -0.25) is 4.68 Å². The van der Waals surface area contributed by atoms with Gasteiger partial charge >= 0.3 is 0 Å². The molecule has 0 unspecified atom stereocenters. The molecule has 5 rings (SSSR count). The van der Waals surface area contributed by atoms with Crippen molar-refractivity contribution in [2.75, 3.05) is 5.43 Å². The third-order valence-electron chi connectivity index (χ3n) is 5.09. The van der Waals surface area contributed by atoms with Crippen LogP contribution < -0.4 is 5.43 Å². The summed E-state index contributed by atoms with van der Waals surface area (Å²) in [6, 6.07) is 18.2. The van der Waals surface area contributed by atoms with Gasteiger partial charge in [-0.2, -0.15) is 15.2 Å². The number of nitrogens with one attached hydrogen (secondary N) is 2. The molecule has 8 heteroatoms. The minimum atomic E-state index is 0.331. The highest BCUT2D eigenvalue weighted by Crippen LogP contribution is 2.21. The number of para-hydroxylation sites is 1. The number of H-pyrrole nitrogens is 1. The third kappa shape index (κ3) is 3.28. The van der Waals surface area contributed by atoms with Crippen LogP contribution in [-0.2, 0) is 6.54 Å². The Morgan fingerprint density at radius 2 is 1.83 bits per heavy atom. The first-order valence-electron chi connectivity index (χ1n) is 9.67. The van der Waals surface area contributed by atoms with Crippen molar-refractivity contribution in [3.63, 3.8) is 0 Å². The normalized spacial score (nSPS) is 11.7. The maximum Gasteiger partial charge on any atom is 0.265 e. The van der Waals surface area contributed by atoms with Gasteiger partial charge in [-0.1, -0.05) is 48.5 Å². The number of fused-ring (bicyclic) bond motifs is 3. The average molecular weight is 396 g/mol. The maximum atomic E-state index is 4.65. The van der Waals surface area contributed by atoms with Gasteiger partial charge in [-0.25, -0.2) is 5.43 Å². The van der Waals surface area contributed by atoms with Crippen LogP contribution in [0.25, 0.3) is 22.1 Å². The monoisotopic (exact) mass is 396 g/mol. The highest BCUT2D eigenvalue weighted by molar-refractivity contribution is 6.03. The number of aryl methyl sites for hydroxylation is 1. The number of hydrogen-bond donors (Lipinski definition) is 2. The molecule has 8 nitrogen and oxygen atoms in total. The van der Waals surface area contributed by atoms with Crippen LogP contribution >= 0.6 is 0 Å². The second-order valence-electron chi connectivity index (χ2n) is 7.10. The predicted molar refractivity (Wildman–Crippen MR) is 118 cm³/mol. The van der Waals surface area contributed by atoms with E-state index in [0.717, 1.165) is 39.9 Å². The lowest BCUT2D eigenvalue weighted by molar-refractivity contribution is 0.659. The SMILES string of the molecule is Cc1nn(Cc2ccccc2)c(C)c1/C=N/Nc1nnc2c(n1)[nH]c1ccccc12. The topological polar surface area (TPSA) is 96.7 Å². The Labute approximate surface area is 172 Å². The molecule has 0 aliphatic rings. The van der Waals surface area contributed by atoms with E-state index in [1.165, 1.54) is 5.56 Å². The predicted octanol–water partition coefficient (Wildman–Crippen LogP) is 3.81. The molecule has 2 aromatic carbocycles. The fraction of sp³-hybridized carbons (Fsp3) is 0.136. The van der Waals surface area contributed by atoms with E-state index in [9.17, 15) is 0 Å². The van der Waals surface area contributed by atoms with Crippen LogP contribution in [0.15, 0.2) is 59.7 Å². The average Bonchev–Trinajstić information content (AvgIpc) is 3.26. The molecule has 148 valence electrons. The van der Waals surface area contributed by atoms with Gasteiger partial charge in [0.05, 0.1) is 18.5 Å². The van der Waals surface area contributed by atoms with Crippen molar-refractivity contribution in [3.8, 4) is 0 Å². The molecule has 0 amide bonds. The van der Waals surface area contributed by atoms with E-state index in [-0.39, 0.29) is 0 Å². The molecule has 0 aliphatic heterocycles. The number of rotatable bonds is 5. The molecule has 0 fully saturated rings. The van der Waals surface area contributed by atoms with E-state index in [1.54, 1.807) is 6.21 Å². The molecule has 30 heavy (non-hydrogen) atoms. The van der Waals surface area contributed by atoms with Gasteiger partial charge in [-0.05, 0) is 25.5 Å². The van der Waals surface area contributed by atoms with Gasteiger partial charge in [0.2, 0.25) is 0 Å². The number of benzene rings is 2. The standard InChI is InChI=1S/C22H20N8/c1-14-18(15(2)30(29-14)13-16-8-4-3-5-9-16)12-23-27-22-25-21-20(26-28-22)17-10-6-7-11-19(17)24-21/h3-12H,13H2,1-2H3,(H2,24,25,27,28)/b23-12+. The fourth-order valence-corrected chi connectivity index (χ4v) is 3.53. The Bertz CT molecular complexity index is 1360. The second kappa shape index (κ2) is 7.40. The smallest absolute Gasteiger partial charge is 0.265 e. The number of aromatic nitrogens is 6. The van der Waals surface area contributed by atoms with Gasteiger partial charge in [0.1, 0.15) is 5.52 Å². The van der Waals surface area contributed by atoms with Crippen LogP contribution in [0.5, 0.6) is 0 Å². The Morgan fingerprint density at radius 1 is 1.03 bits per heavy atom. The zero-order chi connectivity index (χ0) is 20.5. The van der Waals surface area contributed by atoms with Crippen molar-refractivity contribution in [1.82, 2.24) is 29.9 Å². The summed E-state index contributed by atoms with van der Waals surface area (Å²) in [7, 11) is 0. The van der Waals surface area contributed by atoms with E-state index in [1.807, 2.05) is 61.0 Å². The van der Waals surface area contributed by atoms with Crippen molar-refractivity contribution in [1.29, 1.82) is 0 Å². The molecule has 3 aromatic heterocycles.